The van der Waals surface area contributed by atoms with Crippen molar-refractivity contribution < 1.29 is 9.90 Å². The number of carboxylic acid groups (broad SMARTS) is 1. The van der Waals surface area contributed by atoms with E-state index in [9.17, 15) is 4.79 Å². The number of rotatable bonds is 4. The third-order valence-corrected chi connectivity index (χ3v) is 5.81. The number of benzene rings is 1. The van der Waals surface area contributed by atoms with Crippen LogP contribution in [0.1, 0.15) is 36.3 Å². The Labute approximate surface area is 142 Å². The Morgan fingerprint density at radius 3 is 3.17 bits per heavy atom. The number of hydrogen-bond acceptors (Lipinski definition) is 2. The molecule has 1 aliphatic heterocycles. The first-order valence-corrected chi connectivity index (χ1v) is 8.82. The highest BCUT2D eigenvalue weighted by atomic mass is 16.4. The molecular weight excluding hydrogens is 300 g/mol. The lowest BCUT2D eigenvalue weighted by atomic mass is 9.72. The average molecular weight is 324 g/mol. The maximum absolute atomic E-state index is 10.6. The monoisotopic (exact) mass is 324 g/mol. The topological polar surface area (TPSA) is 56.3 Å². The van der Waals surface area contributed by atoms with Gasteiger partial charge in [0.25, 0.3) is 0 Å². The zero-order valence-electron chi connectivity index (χ0n) is 14.0. The normalized spacial score (nSPS) is 26.8. The lowest BCUT2D eigenvalue weighted by Crippen LogP contribution is -2.47. The van der Waals surface area contributed by atoms with Gasteiger partial charge in [0, 0.05) is 41.7 Å². The van der Waals surface area contributed by atoms with Crippen LogP contribution < -0.4 is 0 Å². The van der Waals surface area contributed by atoms with E-state index in [1.54, 1.807) is 6.08 Å². The quantitative estimate of drug-likeness (QED) is 0.846. The molecule has 1 saturated heterocycles. The highest BCUT2D eigenvalue weighted by Crippen LogP contribution is 2.44. The lowest BCUT2D eigenvalue weighted by Gasteiger charge is -2.45. The maximum Gasteiger partial charge on any atom is 0.327 e. The first-order chi connectivity index (χ1) is 11.6. The van der Waals surface area contributed by atoms with Gasteiger partial charge in [-0.25, -0.2) is 4.79 Å². The maximum atomic E-state index is 10.6. The number of piperidine rings is 1. The fourth-order valence-corrected chi connectivity index (χ4v) is 4.78. The molecule has 0 spiro atoms. The van der Waals surface area contributed by atoms with E-state index in [0.29, 0.717) is 17.9 Å². The number of aliphatic carboxylic acids is 1. The molecule has 24 heavy (non-hydrogen) atoms. The molecule has 0 bridgehead atoms. The van der Waals surface area contributed by atoms with Crippen molar-refractivity contribution >= 4 is 16.9 Å². The number of nitrogens with one attached hydrogen (secondary N) is 1. The Kier molecular flexibility index (Phi) is 3.93. The van der Waals surface area contributed by atoms with Crippen molar-refractivity contribution in [2.75, 3.05) is 13.6 Å². The van der Waals surface area contributed by atoms with Crippen molar-refractivity contribution in [1.29, 1.82) is 0 Å². The fraction of sp³-hybridized carbons (Fsp3) is 0.450. The number of aromatic amines is 1. The molecule has 3 atom stereocenters. The van der Waals surface area contributed by atoms with Crippen LogP contribution in [0.2, 0.25) is 0 Å². The molecule has 1 unspecified atom stereocenters. The van der Waals surface area contributed by atoms with Crippen LogP contribution in [0.15, 0.2) is 36.5 Å². The first-order valence-electron chi connectivity index (χ1n) is 8.82. The minimum Gasteiger partial charge on any atom is -0.478 e. The van der Waals surface area contributed by atoms with Gasteiger partial charge in [-0.1, -0.05) is 18.2 Å². The van der Waals surface area contributed by atoms with E-state index in [2.05, 4.69) is 41.3 Å². The molecule has 0 radical (unpaired) electrons. The summed E-state index contributed by atoms with van der Waals surface area (Å²) in [4.78, 5) is 16.5. The molecule has 1 fully saturated rings. The molecule has 1 aliphatic carbocycles. The van der Waals surface area contributed by atoms with Crippen LogP contribution in [0, 0.1) is 5.92 Å². The number of carbonyl (C=O) groups is 1. The summed E-state index contributed by atoms with van der Waals surface area (Å²) in [5.41, 5.74) is 4.21. The van der Waals surface area contributed by atoms with Crippen LogP contribution in [0.3, 0.4) is 0 Å². The molecular formula is C20H24N2O2. The molecule has 0 saturated carbocycles. The smallest absolute Gasteiger partial charge is 0.327 e. The van der Waals surface area contributed by atoms with Gasteiger partial charge in [-0.2, -0.15) is 0 Å². The van der Waals surface area contributed by atoms with Crippen molar-refractivity contribution in [1.82, 2.24) is 9.88 Å². The van der Waals surface area contributed by atoms with Gasteiger partial charge in [-0.15, -0.1) is 0 Å². The predicted molar refractivity (Wildman–Crippen MR) is 95.3 cm³/mol. The van der Waals surface area contributed by atoms with Crippen LogP contribution in [0.4, 0.5) is 0 Å². The van der Waals surface area contributed by atoms with Crippen LogP contribution >= 0.6 is 0 Å². The third kappa shape index (κ3) is 2.65. The lowest BCUT2D eigenvalue weighted by molar-refractivity contribution is -0.131. The number of hydrogen-bond donors (Lipinski definition) is 2. The molecule has 4 heteroatoms. The van der Waals surface area contributed by atoms with Crippen molar-refractivity contribution in [3.05, 3.63) is 47.7 Å². The molecule has 2 heterocycles. The Bertz CT molecular complexity index is 792. The zero-order chi connectivity index (χ0) is 16.7. The summed E-state index contributed by atoms with van der Waals surface area (Å²) >= 11 is 0. The second-order valence-corrected chi connectivity index (χ2v) is 7.32. The summed E-state index contributed by atoms with van der Waals surface area (Å²) < 4.78 is 0. The van der Waals surface area contributed by atoms with Crippen molar-refractivity contribution in [2.45, 2.75) is 37.6 Å². The summed E-state index contributed by atoms with van der Waals surface area (Å²) in [6, 6.07) is 7.23. The van der Waals surface area contributed by atoms with Crippen molar-refractivity contribution in [3.8, 4) is 0 Å². The van der Waals surface area contributed by atoms with Gasteiger partial charge >= 0.3 is 5.97 Å². The van der Waals surface area contributed by atoms with Crippen LogP contribution in [0.25, 0.3) is 10.9 Å². The minimum atomic E-state index is -0.852. The van der Waals surface area contributed by atoms with Gasteiger partial charge < -0.3 is 15.0 Å². The average Bonchev–Trinajstić information content (AvgIpc) is 2.97. The van der Waals surface area contributed by atoms with E-state index < -0.39 is 5.97 Å². The van der Waals surface area contributed by atoms with E-state index in [4.69, 9.17) is 5.11 Å². The number of H-pyrrole nitrogens is 1. The summed E-state index contributed by atoms with van der Waals surface area (Å²) in [6.45, 7) is 1.11. The van der Waals surface area contributed by atoms with Gasteiger partial charge in [0.05, 0.1) is 0 Å². The summed E-state index contributed by atoms with van der Waals surface area (Å²) in [5.74, 6) is 0.365. The van der Waals surface area contributed by atoms with E-state index >= 15 is 0 Å². The molecule has 1 aromatic carbocycles. The molecule has 2 aliphatic rings. The second-order valence-electron chi connectivity index (χ2n) is 7.32. The highest BCUT2D eigenvalue weighted by molar-refractivity contribution is 5.88. The Hall–Kier alpha value is -2.07. The highest BCUT2D eigenvalue weighted by Gasteiger charge is 2.38. The fourth-order valence-electron chi connectivity index (χ4n) is 4.78. The summed E-state index contributed by atoms with van der Waals surface area (Å²) in [7, 11) is 2.24. The summed E-state index contributed by atoms with van der Waals surface area (Å²) in [6.07, 6.45) is 9.49. The number of likely N-dealkylation sites (tertiary alicyclic amines) is 1. The Morgan fingerprint density at radius 1 is 1.46 bits per heavy atom. The standard InChI is InChI=1S/C20H24N2O2/c1-22-12-13(5-2-3-8-19(23)24)9-16-15-6-4-7-17-20(15)14(11-21-17)10-18(16)22/h3-4,6-8,11,13,16,18,21H,2,5,9-10,12H2,1H3,(H,23,24)/t13-,16?,18-/m1/s1. The number of likely N-dealkylation sites (N-methyl/N-ethyl adjacent to an activating group) is 1. The molecule has 4 nitrogen and oxygen atoms in total. The van der Waals surface area contributed by atoms with Crippen molar-refractivity contribution in [2.24, 2.45) is 5.92 Å². The van der Waals surface area contributed by atoms with Crippen LogP contribution in [0.5, 0.6) is 0 Å². The van der Waals surface area contributed by atoms with Gasteiger partial charge in [-0.05, 0) is 55.8 Å². The van der Waals surface area contributed by atoms with E-state index in [-0.39, 0.29) is 0 Å². The molecule has 4 rings (SSSR count). The van der Waals surface area contributed by atoms with Gasteiger partial charge in [0.15, 0.2) is 0 Å². The van der Waals surface area contributed by atoms with Crippen molar-refractivity contribution in [3.63, 3.8) is 0 Å². The molecule has 2 N–H and O–H groups in total. The Balaban J connectivity index is 1.56. The zero-order valence-corrected chi connectivity index (χ0v) is 14.0. The molecule has 126 valence electrons. The second kappa shape index (κ2) is 6.10. The first kappa shape index (κ1) is 15.5. The Morgan fingerprint density at radius 2 is 2.33 bits per heavy atom. The number of nitrogens with zero attached hydrogens (tertiary/aromatic N) is 1. The number of carboxylic acids is 1. The van der Waals surface area contributed by atoms with Gasteiger partial charge in [0.1, 0.15) is 0 Å². The van der Waals surface area contributed by atoms with E-state index in [0.717, 1.165) is 25.8 Å². The third-order valence-electron chi connectivity index (χ3n) is 5.81. The predicted octanol–water partition coefficient (Wildman–Crippen LogP) is 3.55. The number of fused-ring (bicyclic) bond motifs is 2. The van der Waals surface area contributed by atoms with E-state index in [1.165, 1.54) is 34.5 Å². The number of allylic oxidation sites excluding steroid dienone is 1. The van der Waals surface area contributed by atoms with Crippen LogP contribution in [-0.4, -0.2) is 40.6 Å². The SMILES string of the molecule is CN1C[C@H](CCC=CC(=O)O)CC2c3cccc4[nH]cc(c34)C[C@H]21. The largest absolute Gasteiger partial charge is 0.478 e. The van der Waals surface area contributed by atoms with Gasteiger partial charge in [0.2, 0.25) is 0 Å². The minimum absolute atomic E-state index is 0.587. The molecule has 2 aromatic rings. The van der Waals surface area contributed by atoms with Gasteiger partial charge in [-0.3, -0.25) is 0 Å². The summed E-state index contributed by atoms with van der Waals surface area (Å²) in [5, 5.41) is 10.1. The molecule has 1 aromatic heterocycles. The molecule has 0 amide bonds. The van der Waals surface area contributed by atoms with E-state index in [1.807, 2.05) is 0 Å². The number of aromatic nitrogens is 1. The van der Waals surface area contributed by atoms with Crippen LogP contribution in [-0.2, 0) is 11.2 Å².